The molecule has 1 N–H and O–H groups in total. The Balaban J connectivity index is 1.45. The summed E-state index contributed by atoms with van der Waals surface area (Å²) in [5.41, 5.74) is 1.00. The molecule has 1 aromatic rings. The van der Waals surface area contributed by atoms with Crippen molar-refractivity contribution in [3.8, 4) is 11.5 Å². The number of morpholine rings is 1. The molecule has 0 radical (unpaired) electrons. The standard InChI is InChI=1S/C17H22N2O5/c1-12(17(21)19-6-8-22-9-7-19)18-16(20)5-3-13-2-4-14-15(10-13)24-11-23-14/h2,4,10,12H,3,5-9,11H2,1H3,(H,18,20)/t12-/m1/s1. The average molecular weight is 334 g/mol. The summed E-state index contributed by atoms with van der Waals surface area (Å²) >= 11 is 0. The summed E-state index contributed by atoms with van der Waals surface area (Å²) in [7, 11) is 0. The molecule has 2 amide bonds. The molecule has 130 valence electrons. The van der Waals surface area contributed by atoms with Crippen molar-refractivity contribution in [2.75, 3.05) is 33.1 Å². The number of ether oxygens (including phenoxy) is 3. The minimum absolute atomic E-state index is 0.0604. The van der Waals surface area contributed by atoms with E-state index in [0.717, 1.165) is 11.3 Å². The summed E-state index contributed by atoms with van der Waals surface area (Å²) in [6.45, 7) is 4.22. The summed E-state index contributed by atoms with van der Waals surface area (Å²) in [4.78, 5) is 26.1. The van der Waals surface area contributed by atoms with Crippen LogP contribution in [0.15, 0.2) is 18.2 Å². The molecule has 1 atom stereocenters. The van der Waals surface area contributed by atoms with E-state index in [1.54, 1.807) is 11.8 Å². The molecule has 7 nitrogen and oxygen atoms in total. The number of hydrogen-bond acceptors (Lipinski definition) is 5. The minimum atomic E-state index is -0.521. The van der Waals surface area contributed by atoms with Crippen molar-refractivity contribution in [1.82, 2.24) is 10.2 Å². The highest BCUT2D eigenvalue weighted by Gasteiger charge is 2.23. The molecule has 1 fully saturated rings. The zero-order valence-electron chi connectivity index (χ0n) is 13.7. The molecule has 2 aliphatic rings. The lowest BCUT2D eigenvalue weighted by Crippen LogP contribution is -2.50. The minimum Gasteiger partial charge on any atom is -0.454 e. The maximum Gasteiger partial charge on any atom is 0.245 e. The predicted octanol–water partition coefficient (Wildman–Crippen LogP) is 0.711. The van der Waals surface area contributed by atoms with Crippen molar-refractivity contribution in [3.63, 3.8) is 0 Å². The Morgan fingerprint density at radius 1 is 1.21 bits per heavy atom. The number of aryl methyl sites for hydroxylation is 1. The zero-order valence-corrected chi connectivity index (χ0v) is 13.7. The lowest BCUT2D eigenvalue weighted by molar-refractivity contribution is -0.139. The molecule has 7 heteroatoms. The Morgan fingerprint density at radius 2 is 1.96 bits per heavy atom. The number of hydrogen-bond donors (Lipinski definition) is 1. The average Bonchev–Trinajstić information content (AvgIpc) is 3.07. The van der Waals surface area contributed by atoms with E-state index in [-0.39, 0.29) is 18.6 Å². The van der Waals surface area contributed by atoms with Gasteiger partial charge in [-0.3, -0.25) is 9.59 Å². The first-order valence-corrected chi connectivity index (χ1v) is 8.18. The van der Waals surface area contributed by atoms with Gasteiger partial charge in [0.05, 0.1) is 13.2 Å². The molecule has 0 saturated carbocycles. The van der Waals surface area contributed by atoms with Gasteiger partial charge in [0, 0.05) is 19.5 Å². The van der Waals surface area contributed by atoms with Crippen molar-refractivity contribution < 1.29 is 23.8 Å². The summed E-state index contributed by atoms with van der Waals surface area (Å²) in [6, 6.07) is 5.13. The van der Waals surface area contributed by atoms with Crippen LogP contribution in [0.4, 0.5) is 0 Å². The molecule has 0 aromatic heterocycles. The van der Waals surface area contributed by atoms with Crippen molar-refractivity contribution in [3.05, 3.63) is 23.8 Å². The van der Waals surface area contributed by atoms with Crippen LogP contribution in [0.2, 0.25) is 0 Å². The van der Waals surface area contributed by atoms with E-state index in [4.69, 9.17) is 14.2 Å². The van der Waals surface area contributed by atoms with Gasteiger partial charge in [-0.2, -0.15) is 0 Å². The topological polar surface area (TPSA) is 77.1 Å². The van der Waals surface area contributed by atoms with Gasteiger partial charge in [0.1, 0.15) is 6.04 Å². The number of rotatable bonds is 5. The summed E-state index contributed by atoms with van der Waals surface area (Å²) in [5.74, 6) is 1.24. The molecule has 24 heavy (non-hydrogen) atoms. The maximum atomic E-state index is 12.3. The van der Waals surface area contributed by atoms with Gasteiger partial charge in [-0.25, -0.2) is 0 Å². The molecule has 0 spiro atoms. The van der Waals surface area contributed by atoms with E-state index >= 15 is 0 Å². The van der Waals surface area contributed by atoms with Gasteiger partial charge in [0.25, 0.3) is 0 Å². The first kappa shape index (κ1) is 16.6. The van der Waals surface area contributed by atoms with Crippen LogP contribution in [0, 0.1) is 0 Å². The number of benzene rings is 1. The van der Waals surface area contributed by atoms with Crippen LogP contribution in [0.5, 0.6) is 11.5 Å². The zero-order chi connectivity index (χ0) is 16.9. The maximum absolute atomic E-state index is 12.3. The fraction of sp³-hybridized carbons (Fsp3) is 0.529. The molecule has 0 bridgehead atoms. The van der Waals surface area contributed by atoms with Gasteiger partial charge < -0.3 is 24.4 Å². The largest absolute Gasteiger partial charge is 0.454 e. The second kappa shape index (κ2) is 7.53. The van der Waals surface area contributed by atoms with Crippen LogP contribution in [0.25, 0.3) is 0 Å². The van der Waals surface area contributed by atoms with Crippen molar-refractivity contribution >= 4 is 11.8 Å². The molecular formula is C17H22N2O5. The van der Waals surface area contributed by atoms with Crippen molar-refractivity contribution in [2.45, 2.75) is 25.8 Å². The molecule has 2 aliphatic heterocycles. The summed E-state index contributed by atoms with van der Waals surface area (Å²) in [5, 5.41) is 2.77. The lowest BCUT2D eigenvalue weighted by atomic mass is 10.1. The Morgan fingerprint density at radius 3 is 2.75 bits per heavy atom. The van der Waals surface area contributed by atoms with E-state index in [1.807, 2.05) is 18.2 Å². The Bertz CT molecular complexity index is 613. The van der Waals surface area contributed by atoms with Crippen LogP contribution in [0.1, 0.15) is 18.9 Å². The van der Waals surface area contributed by atoms with E-state index in [1.165, 1.54) is 0 Å². The first-order chi connectivity index (χ1) is 11.6. The number of fused-ring (bicyclic) bond motifs is 1. The smallest absolute Gasteiger partial charge is 0.245 e. The number of carbonyl (C=O) groups excluding carboxylic acids is 2. The van der Waals surface area contributed by atoms with Gasteiger partial charge in [-0.1, -0.05) is 6.07 Å². The predicted molar refractivity (Wildman–Crippen MR) is 85.9 cm³/mol. The lowest BCUT2D eigenvalue weighted by Gasteiger charge is -2.29. The Hall–Kier alpha value is -2.28. The highest BCUT2D eigenvalue weighted by molar-refractivity contribution is 5.87. The number of amides is 2. The van der Waals surface area contributed by atoms with E-state index in [9.17, 15) is 9.59 Å². The molecule has 0 unspecified atom stereocenters. The molecule has 0 aliphatic carbocycles. The highest BCUT2D eigenvalue weighted by Crippen LogP contribution is 2.32. The fourth-order valence-corrected chi connectivity index (χ4v) is 2.79. The summed E-state index contributed by atoms with van der Waals surface area (Å²) in [6.07, 6.45) is 0.904. The van der Waals surface area contributed by atoms with Crippen molar-refractivity contribution in [1.29, 1.82) is 0 Å². The van der Waals surface area contributed by atoms with Gasteiger partial charge in [0.15, 0.2) is 11.5 Å². The molecule has 3 rings (SSSR count). The monoisotopic (exact) mass is 334 g/mol. The van der Waals surface area contributed by atoms with Gasteiger partial charge >= 0.3 is 0 Å². The van der Waals surface area contributed by atoms with Crippen LogP contribution in [-0.4, -0.2) is 55.9 Å². The second-order valence-corrected chi connectivity index (χ2v) is 5.91. The molecular weight excluding hydrogens is 312 g/mol. The highest BCUT2D eigenvalue weighted by atomic mass is 16.7. The quantitative estimate of drug-likeness (QED) is 0.858. The van der Waals surface area contributed by atoms with Crippen LogP contribution < -0.4 is 14.8 Å². The molecule has 1 aromatic carbocycles. The third-order valence-corrected chi connectivity index (χ3v) is 4.15. The van der Waals surface area contributed by atoms with Crippen LogP contribution in [0.3, 0.4) is 0 Å². The van der Waals surface area contributed by atoms with Crippen molar-refractivity contribution in [2.24, 2.45) is 0 Å². The van der Waals surface area contributed by atoms with Gasteiger partial charge in [0.2, 0.25) is 18.6 Å². The Labute approximate surface area is 140 Å². The number of carbonyl (C=O) groups is 2. The van der Waals surface area contributed by atoms with Gasteiger partial charge in [-0.15, -0.1) is 0 Å². The van der Waals surface area contributed by atoms with E-state index < -0.39 is 6.04 Å². The molecule has 1 saturated heterocycles. The number of nitrogens with one attached hydrogen (secondary N) is 1. The van der Waals surface area contributed by atoms with Crippen LogP contribution in [-0.2, 0) is 20.7 Å². The second-order valence-electron chi connectivity index (χ2n) is 5.91. The van der Waals surface area contributed by atoms with Crippen LogP contribution >= 0.6 is 0 Å². The third-order valence-electron chi connectivity index (χ3n) is 4.15. The van der Waals surface area contributed by atoms with E-state index in [2.05, 4.69) is 5.32 Å². The normalized spacial score (nSPS) is 17.5. The van der Waals surface area contributed by atoms with E-state index in [0.29, 0.717) is 44.9 Å². The van der Waals surface area contributed by atoms with Gasteiger partial charge in [-0.05, 0) is 31.0 Å². The Kier molecular flexibility index (Phi) is 5.20. The third kappa shape index (κ3) is 3.97. The molecule has 2 heterocycles. The first-order valence-electron chi connectivity index (χ1n) is 8.18. The summed E-state index contributed by atoms with van der Waals surface area (Å²) < 4.78 is 15.8. The fourth-order valence-electron chi connectivity index (χ4n) is 2.79. The SMILES string of the molecule is C[C@@H](NC(=O)CCc1ccc2c(c1)OCO2)C(=O)N1CCOCC1. The number of nitrogens with zero attached hydrogens (tertiary/aromatic N) is 1.